The molecule has 0 radical (unpaired) electrons. The summed E-state index contributed by atoms with van der Waals surface area (Å²) < 4.78 is 17.8. The van der Waals surface area contributed by atoms with E-state index in [1.807, 2.05) is 36.4 Å². The molecule has 1 atom stereocenters. The summed E-state index contributed by atoms with van der Waals surface area (Å²) in [5.41, 5.74) is 0.712. The summed E-state index contributed by atoms with van der Waals surface area (Å²) in [6.45, 7) is 6.98. The van der Waals surface area contributed by atoms with Crippen molar-refractivity contribution >= 4 is 36.5 Å². The molecule has 3 aromatic rings. The molecule has 0 N–H and O–H groups in total. The van der Waals surface area contributed by atoms with Crippen LogP contribution in [0.15, 0.2) is 84.9 Å². The van der Waals surface area contributed by atoms with Gasteiger partial charge in [-0.25, -0.2) is 0 Å². The standard InChI is InChI=1S/C31H35NO6Si/c1-31(2,3)39(24-13-7-5-8-14-24,25-15-9-6-10-16-25)38-20-19-37-23(21-28(33)36-4)22-32-29(34)26-17-11-12-18-27(26)30(32)35/h5-18,23H,19-22H2,1-4H3. The quantitative estimate of drug-likeness (QED) is 0.158. The highest BCUT2D eigenvalue weighted by molar-refractivity contribution is 6.99. The molecular weight excluding hydrogens is 510 g/mol. The van der Waals surface area contributed by atoms with E-state index in [0.29, 0.717) is 11.1 Å². The molecule has 7 nitrogen and oxygen atoms in total. The van der Waals surface area contributed by atoms with Crippen molar-refractivity contribution in [1.82, 2.24) is 4.90 Å². The number of carbonyl (C=O) groups excluding carboxylic acids is 3. The molecule has 1 unspecified atom stereocenters. The predicted molar refractivity (Wildman–Crippen MR) is 152 cm³/mol. The van der Waals surface area contributed by atoms with E-state index in [4.69, 9.17) is 13.9 Å². The van der Waals surface area contributed by atoms with Crippen LogP contribution in [0.4, 0.5) is 0 Å². The van der Waals surface area contributed by atoms with Gasteiger partial charge in [-0.3, -0.25) is 19.3 Å². The lowest BCUT2D eigenvalue weighted by Crippen LogP contribution is -2.66. The summed E-state index contributed by atoms with van der Waals surface area (Å²) in [7, 11) is -1.45. The number of hydrogen-bond donors (Lipinski definition) is 0. The fourth-order valence-electron chi connectivity index (χ4n) is 5.23. The summed E-state index contributed by atoms with van der Waals surface area (Å²) in [4.78, 5) is 39.1. The highest BCUT2D eigenvalue weighted by atomic mass is 28.4. The van der Waals surface area contributed by atoms with Crippen molar-refractivity contribution in [3.8, 4) is 0 Å². The van der Waals surface area contributed by atoms with E-state index < -0.39 is 32.2 Å². The number of benzene rings is 3. The fourth-order valence-corrected chi connectivity index (χ4v) is 9.77. The van der Waals surface area contributed by atoms with E-state index in [0.717, 1.165) is 15.3 Å². The van der Waals surface area contributed by atoms with Gasteiger partial charge in [0, 0.05) is 0 Å². The molecule has 204 valence electrons. The van der Waals surface area contributed by atoms with Gasteiger partial charge in [-0.1, -0.05) is 93.6 Å². The third kappa shape index (κ3) is 5.88. The third-order valence-corrected chi connectivity index (χ3v) is 12.1. The first-order chi connectivity index (χ1) is 18.7. The number of fused-ring (bicyclic) bond motifs is 1. The molecule has 0 aromatic heterocycles. The number of esters is 1. The molecule has 3 aromatic carbocycles. The van der Waals surface area contributed by atoms with Crippen LogP contribution >= 0.6 is 0 Å². The van der Waals surface area contributed by atoms with Crippen LogP contribution in [0.5, 0.6) is 0 Å². The number of ether oxygens (including phenoxy) is 2. The van der Waals surface area contributed by atoms with Gasteiger partial charge in [-0.2, -0.15) is 0 Å². The van der Waals surface area contributed by atoms with E-state index >= 15 is 0 Å². The van der Waals surface area contributed by atoms with Gasteiger partial charge in [0.05, 0.1) is 50.5 Å². The van der Waals surface area contributed by atoms with Gasteiger partial charge < -0.3 is 13.9 Å². The Morgan fingerprint density at radius 3 is 1.74 bits per heavy atom. The Morgan fingerprint density at radius 1 is 0.795 bits per heavy atom. The topological polar surface area (TPSA) is 82.1 Å². The van der Waals surface area contributed by atoms with E-state index in [9.17, 15) is 14.4 Å². The highest BCUT2D eigenvalue weighted by Crippen LogP contribution is 2.36. The first-order valence-electron chi connectivity index (χ1n) is 13.1. The average Bonchev–Trinajstić information content (AvgIpc) is 3.18. The van der Waals surface area contributed by atoms with Crippen molar-refractivity contribution in [2.45, 2.75) is 38.3 Å². The first-order valence-corrected chi connectivity index (χ1v) is 15.0. The first kappa shape index (κ1) is 28.4. The Morgan fingerprint density at radius 2 is 1.28 bits per heavy atom. The maximum absolute atomic E-state index is 12.9. The van der Waals surface area contributed by atoms with Crippen LogP contribution in [0.1, 0.15) is 47.9 Å². The molecule has 0 saturated heterocycles. The van der Waals surface area contributed by atoms with Crippen LogP contribution in [0.2, 0.25) is 5.04 Å². The zero-order chi connectivity index (χ0) is 28.0. The van der Waals surface area contributed by atoms with Crippen molar-refractivity contribution in [2.24, 2.45) is 0 Å². The minimum absolute atomic E-state index is 0.0549. The van der Waals surface area contributed by atoms with Gasteiger partial charge in [0.1, 0.15) is 0 Å². The lowest BCUT2D eigenvalue weighted by molar-refractivity contribution is -0.144. The Labute approximate surface area is 230 Å². The van der Waals surface area contributed by atoms with Gasteiger partial charge in [0.15, 0.2) is 0 Å². The summed E-state index contributed by atoms with van der Waals surface area (Å²) in [6.07, 6.45) is -0.828. The molecule has 2 amide bonds. The van der Waals surface area contributed by atoms with Crippen LogP contribution in [-0.2, 0) is 18.7 Å². The Kier molecular flexibility index (Phi) is 8.79. The van der Waals surface area contributed by atoms with Gasteiger partial charge >= 0.3 is 5.97 Å². The number of hydrogen-bond acceptors (Lipinski definition) is 6. The van der Waals surface area contributed by atoms with E-state index in [1.54, 1.807) is 24.3 Å². The largest absolute Gasteiger partial charge is 0.469 e. The Bertz CT molecular complexity index is 1230. The lowest BCUT2D eigenvalue weighted by atomic mass is 10.1. The number of rotatable bonds is 11. The van der Waals surface area contributed by atoms with Crippen molar-refractivity contribution < 1.29 is 28.3 Å². The molecule has 0 saturated carbocycles. The molecule has 8 heteroatoms. The summed E-state index contributed by atoms with van der Waals surface area (Å²) in [5.74, 6) is -1.26. The zero-order valence-corrected chi connectivity index (χ0v) is 23.9. The minimum Gasteiger partial charge on any atom is -0.469 e. The second-order valence-corrected chi connectivity index (χ2v) is 14.9. The number of methoxy groups -OCH3 is 1. The molecule has 0 spiro atoms. The minimum atomic E-state index is -2.75. The molecule has 0 bridgehead atoms. The fraction of sp³-hybridized carbons (Fsp3) is 0.323. The highest BCUT2D eigenvalue weighted by Gasteiger charge is 2.50. The molecule has 39 heavy (non-hydrogen) atoms. The molecule has 4 rings (SSSR count). The third-order valence-electron chi connectivity index (χ3n) is 7.06. The number of amides is 2. The van der Waals surface area contributed by atoms with Gasteiger partial charge in [-0.05, 0) is 27.5 Å². The Balaban J connectivity index is 1.52. The second-order valence-electron chi connectivity index (χ2n) is 10.6. The SMILES string of the molecule is COC(=O)CC(CN1C(=O)c2ccccc2C1=O)OCCO[Si](c1ccccc1)(c1ccccc1)C(C)(C)C. The smallest absolute Gasteiger partial charge is 0.308 e. The maximum atomic E-state index is 12.9. The Hall–Kier alpha value is -3.59. The van der Waals surface area contributed by atoms with Crippen LogP contribution in [0.25, 0.3) is 0 Å². The maximum Gasteiger partial charge on any atom is 0.308 e. The van der Waals surface area contributed by atoms with Crippen molar-refractivity contribution in [1.29, 1.82) is 0 Å². The van der Waals surface area contributed by atoms with E-state index in [1.165, 1.54) is 7.11 Å². The number of nitrogens with zero attached hydrogens (tertiary/aromatic N) is 1. The van der Waals surface area contributed by atoms with Crippen LogP contribution in [-0.4, -0.2) is 64.0 Å². The predicted octanol–water partition coefficient (Wildman–Crippen LogP) is 3.81. The van der Waals surface area contributed by atoms with Crippen molar-refractivity contribution in [3.05, 3.63) is 96.1 Å². The van der Waals surface area contributed by atoms with Crippen LogP contribution in [0, 0.1) is 0 Å². The average molecular weight is 546 g/mol. The molecule has 1 heterocycles. The lowest BCUT2D eigenvalue weighted by Gasteiger charge is -2.43. The molecule has 1 aliphatic rings. The van der Waals surface area contributed by atoms with Gasteiger partial charge in [-0.15, -0.1) is 0 Å². The van der Waals surface area contributed by atoms with Crippen LogP contribution in [0.3, 0.4) is 0 Å². The van der Waals surface area contributed by atoms with E-state index in [2.05, 4.69) is 45.0 Å². The summed E-state index contributed by atoms with van der Waals surface area (Å²) in [5, 5.41) is 2.11. The van der Waals surface area contributed by atoms with Gasteiger partial charge in [0.2, 0.25) is 0 Å². The zero-order valence-electron chi connectivity index (χ0n) is 22.9. The number of imide groups is 1. The van der Waals surface area contributed by atoms with E-state index in [-0.39, 0.29) is 31.2 Å². The molecule has 0 aliphatic carbocycles. The molecule has 1 aliphatic heterocycles. The molecular formula is C31H35NO6Si. The normalized spacial score (nSPS) is 14.3. The summed E-state index contributed by atoms with van der Waals surface area (Å²) in [6, 6.07) is 27.3. The molecule has 0 fully saturated rings. The van der Waals surface area contributed by atoms with Gasteiger partial charge in [0.25, 0.3) is 20.1 Å². The monoisotopic (exact) mass is 545 g/mol. The van der Waals surface area contributed by atoms with Crippen molar-refractivity contribution in [3.63, 3.8) is 0 Å². The second kappa shape index (κ2) is 12.1. The summed E-state index contributed by atoms with van der Waals surface area (Å²) >= 11 is 0. The van der Waals surface area contributed by atoms with Crippen molar-refractivity contribution in [2.75, 3.05) is 26.9 Å². The van der Waals surface area contributed by atoms with Crippen LogP contribution < -0.4 is 10.4 Å². The number of carbonyl (C=O) groups is 3.